The van der Waals surface area contributed by atoms with Crippen molar-refractivity contribution in [1.29, 1.82) is 0 Å². The third-order valence-corrected chi connectivity index (χ3v) is 7.77. The highest BCUT2D eigenvalue weighted by Crippen LogP contribution is 2.23. The Morgan fingerprint density at radius 3 is 2.68 bits per heavy atom. The zero-order valence-electron chi connectivity index (χ0n) is 17.1. The first kappa shape index (κ1) is 21.8. The van der Waals surface area contributed by atoms with Gasteiger partial charge in [0.05, 0.1) is 11.7 Å². The van der Waals surface area contributed by atoms with Crippen molar-refractivity contribution in [2.24, 2.45) is 5.92 Å². The molecule has 1 saturated heterocycles. The third kappa shape index (κ3) is 5.26. The van der Waals surface area contributed by atoms with Crippen molar-refractivity contribution in [3.8, 4) is 0 Å². The van der Waals surface area contributed by atoms with Gasteiger partial charge in [-0.05, 0) is 46.9 Å². The van der Waals surface area contributed by atoms with E-state index in [1.54, 1.807) is 24.3 Å². The summed E-state index contributed by atoms with van der Waals surface area (Å²) in [6.07, 6.45) is 1.35. The van der Waals surface area contributed by atoms with Crippen LogP contribution in [-0.4, -0.2) is 31.7 Å². The van der Waals surface area contributed by atoms with Crippen LogP contribution >= 0.6 is 11.6 Å². The average molecular weight is 457 g/mol. The third-order valence-electron chi connectivity index (χ3n) is 5.72. The first-order valence-electron chi connectivity index (χ1n) is 10.4. The quantitative estimate of drug-likeness (QED) is 0.599. The standard InChI is InChI=1S/C24H25ClN2O3S/c25-22-11-3-6-18(14-22)17-31(29,30)27-13-5-10-21(16-27)24(28)26-15-20-9-4-8-19-7-1-2-12-23(19)20/h1-4,6-9,11-12,14,21H,5,10,13,15-17H2,(H,26,28)/t21-/m1/s1. The molecule has 0 aromatic heterocycles. The second kappa shape index (κ2) is 9.39. The number of fused-ring (bicyclic) bond motifs is 1. The summed E-state index contributed by atoms with van der Waals surface area (Å²) in [4.78, 5) is 12.8. The van der Waals surface area contributed by atoms with Crippen molar-refractivity contribution in [3.63, 3.8) is 0 Å². The molecule has 162 valence electrons. The van der Waals surface area contributed by atoms with E-state index < -0.39 is 10.0 Å². The van der Waals surface area contributed by atoms with Gasteiger partial charge in [0.15, 0.2) is 0 Å². The maximum Gasteiger partial charge on any atom is 0.224 e. The summed E-state index contributed by atoms with van der Waals surface area (Å²) in [7, 11) is -3.52. The van der Waals surface area contributed by atoms with E-state index in [9.17, 15) is 13.2 Å². The summed E-state index contributed by atoms with van der Waals surface area (Å²) >= 11 is 5.98. The first-order chi connectivity index (χ1) is 14.9. The van der Waals surface area contributed by atoms with Crippen LogP contribution in [0.4, 0.5) is 0 Å². The molecule has 4 rings (SSSR count). The zero-order chi connectivity index (χ0) is 21.8. The number of rotatable bonds is 6. The first-order valence-corrected chi connectivity index (χ1v) is 12.4. The van der Waals surface area contributed by atoms with Gasteiger partial charge in [-0.3, -0.25) is 4.79 Å². The topological polar surface area (TPSA) is 66.5 Å². The van der Waals surface area contributed by atoms with Crippen LogP contribution in [0.25, 0.3) is 10.8 Å². The van der Waals surface area contributed by atoms with E-state index in [4.69, 9.17) is 11.6 Å². The second-order valence-corrected chi connectivity index (χ2v) is 10.3. The molecule has 1 atom stereocenters. The van der Waals surface area contributed by atoms with Crippen molar-refractivity contribution < 1.29 is 13.2 Å². The highest BCUT2D eigenvalue weighted by molar-refractivity contribution is 7.88. The number of nitrogens with zero attached hydrogens (tertiary/aromatic N) is 1. The molecule has 0 unspecified atom stereocenters. The van der Waals surface area contributed by atoms with Gasteiger partial charge in [0.1, 0.15) is 0 Å². The largest absolute Gasteiger partial charge is 0.352 e. The molecule has 5 nitrogen and oxygen atoms in total. The second-order valence-electron chi connectivity index (χ2n) is 7.94. The van der Waals surface area contributed by atoms with Gasteiger partial charge in [-0.15, -0.1) is 0 Å². The average Bonchev–Trinajstić information content (AvgIpc) is 2.77. The Morgan fingerprint density at radius 2 is 1.84 bits per heavy atom. The van der Waals surface area contributed by atoms with Crippen LogP contribution in [0, 0.1) is 5.92 Å². The lowest BCUT2D eigenvalue weighted by atomic mass is 9.98. The SMILES string of the molecule is O=C(NCc1cccc2ccccc12)[C@@H]1CCCN(S(=O)(=O)Cc2cccc(Cl)c2)C1. The van der Waals surface area contributed by atoms with E-state index in [0.717, 1.165) is 16.3 Å². The summed E-state index contributed by atoms with van der Waals surface area (Å²) in [6, 6.07) is 21.0. The molecule has 1 fully saturated rings. The minimum absolute atomic E-state index is 0.101. The Hall–Kier alpha value is -2.41. The summed E-state index contributed by atoms with van der Waals surface area (Å²) < 4.78 is 27.3. The zero-order valence-corrected chi connectivity index (χ0v) is 18.7. The number of halogens is 1. The lowest BCUT2D eigenvalue weighted by molar-refractivity contribution is -0.126. The number of nitrogens with one attached hydrogen (secondary N) is 1. The molecule has 1 aliphatic rings. The summed E-state index contributed by atoms with van der Waals surface area (Å²) in [6.45, 7) is 1.08. The van der Waals surface area contributed by atoms with E-state index in [0.29, 0.717) is 36.5 Å². The number of hydrogen-bond acceptors (Lipinski definition) is 3. The summed E-state index contributed by atoms with van der Waals surface area (Å²) in [5.74, 6) is -0.564. The van der Waals surface area contributed by atoms with Gasteiger partial charge in [-0.1, -0.05) is 66.2 Å². The van der Waals surface area contributed by atoms with Crippen molar-refractivity contribution in [3.05, 3.63) is 82.9 Å². The number of sulfonamides is 1. The number of carbonyl (C=O) groups excluding carboxylic acids is 1. The van der Waals surface area contributed by atoms with E-state index in [2.05, 4.69) is 5.32 Å². The van der Waals surface area contributed by atoms with E-state index in [1.807, 2.05) is 42.5 Å². The maximum atomic E-state index is 12.9. The Labute approximate surface area is 188 Å². The fourth-order valence-corrected chi connectivity index (χ4v) is 5.92. The normalized spacial score (nSPS) is 17.5. The van der Waals surface area contributed by atoms with Gasteiger partial charge in [0.2, 0.25) is 15.9 Å². The van der Waals surface area contributed by atoms with Crippen LogP contribution in [-0.2, 0) is 27.1 Å². The van der Waals surface area contributed by atoms with Gasteiger partial charge in [0.25, 0.3) is 0 Å². The fourth-order valence-electron chi connectivity index (χ4n) is 4.11. The molecule has 0 bridgehead atoms. The van der Waals surface area contributed by atoms with Gasteiger partial charge in [-0.2, -0.15) is 0 Å². The molecule has 1 heterocycles. The molecule has 1 N–H and O–H groups in total. The molecule has 1 amide bonds. The molecule has 3 aromatic rings. The van der Waals surface area contributed by atoms with E-state index >= 15 is 0 Å². The minimum Gasteiger partial charge on any atom is -0.352 e. The molecule has 0 radical (unpaired) electrons. The van der Waals surface area contributed by atoms with E-state index in [-0.39, 0.29) is 24.1 Å². The van der Waals surface area contributed by atoms with Crippen LogP contribution in [0.2, 0.25) is 5.02 Å². The van der Waals surface area contributed by atoms with Crippen LogP contribution < -0.4 is 5.32 Å². The monoisotopic (exact) mass is 456 g/mol. The summed E-state index contributed by atoms with van der Waals surface area (Å²) in [5.41, 5.74) is 1.70. The Bertz CT molecular complexity index is 1190. The Balaban J connectivity index is 1.40. The number of amides is 1. The van der Waals surface area contributed by atoms with Crippen LogP contribution in [0.1, 0.15) is 24.0 Å². The molecular formula is C24H25ClN2O3S. The molecule has 7 heteroatoms. The fraction of sp³-hybridized carbons (Fsp3) is 0.292. The van der Waals surface area contributed by atoms with Crippen molar-refractivity contribution in [2.45, 2.75) is 25.1 Å². The van der Waals surface area contributed by atoms with Crippen molar-refractivity contribution >= 4 is 38.3 Å². The number of carbonyl (C=O) groups is 1. The molecule has 31 heavy (non-hydrogen) atoms. The number of hydrogen-bond donors (Lipinski definition) is 1. The van der Waals surface area contributed by atoms with Crippen LogP contribution in [0.5, 0.6) is 0 Å². The lowest BCUT2D eigenvalue weighted by Gasteiger charge is -2.31. The molecule has 1 aliphatic heterocycles. The molecule has 0 aliphatic carbocycles. The lowest BCUT2D eigenvalue weighted by Crippen LogP contribution is -2.45. The Morgan fingerprint density at radius 1 is 1.06 bits per heavy atom. The van der Waals surface area contributed by atoms with Gasteiger partial charge < -0.3 is 5.32 Å². The predicted octanol–water partition coefficient (Wildman–Crippen LogP) is 4.35. The smallest absolute Gasteiger partial charge is 0.224 e. The molecule has 3 aromatic carbocycles. The highest BCUT2D eigenvalue weighted by atomic mass is 35.5. The highest BCUT2D eigenvalue weighted by Gasteiger charge is 2.32. The van der Waals surface area contributed by atoms with Gasteiger partial charge >= 0.3 is 0 Å². The predicted molar refractivity (Wildman–Crippen MR) is 124 cm³/mol. The van der Waals surface area contributed by atoms with Gasteiger partial charge in [0, 0.05) is 24.7 Å². The minimum atomic E-state index is -3.52. The number of benzene rings is 3. The molecule has 0 saturated carbocycles. The maximum absolute atomic E-state index is 12.9. The number of piperidine rings is 1. The van der Waals surface area contributed by atoms with Crippen LogP contribution in [0.3, 0.4) is 0 Å². The van der Waals surface area contributed by atoms with Crippen LogP contribution in [0.15, 0.2) is 66.7 Å². The summed E-state index contributed by atoms with van der Waals surface area (Å²) in [5, 5.41) is 5.76. The van der Waals surface area contributed by atoms with Crippen molar-refractivity contribution in [2.75, 3.05) is 13.1 Å². The van der Waals surface area contributed by atoms with E-state index in [1.165, 1.54) is 4.31 Å². The molecule has 0 spiro atoms. The molecular weight excluding hydrogens is 432 g/mol. The van der Waals surface area contributed by atoms with Crippen molar-refractivity contribution in [1.82, 2.24) is 9.62 Å². The Kier molecular flexibility index (Phi) is 6.60. The van der Waals surface area contributed by atoms with Gasteiger partial charge in [-0.25, -0.2) is 12.7 Å².